The monoisotopic (exact) mass is 478 g/mol. The molecular formula is C29H26N4O3. The van der Waals surface area contributed by atoms with E-state index in [4.69, 9.17) is 19.6 Å². The number of ether oxygens (including phenoxy) is 2. The Morgan fingerprint density at radius 2 is 1.81 bits per heavy atom. The number of Topliss-reactive ketones (excluding diaryl/α,β-unsaturated/α-hetero) is 1. The van der Waals surface area contributed by atoms with Gasteiger partial charge in [-0.05, 0) is 60.4 Å². The van der Waals surface area contributed by atoms with Crippen molar-refractivity contribution in [1.82, 2.24) is 14.8 Å². The maximum Gasteiger partial charge on any atom is 0.226 e. The van der Waals surface area contributed by atoms with Crippen molar-refractivity contribution in [2.75, 3.05) is 12.4 Å². The van der Waals surface area contributed by atoms with E-state index in [2.05, 4.69) is 5.32 Å². The molecule has 36 heavy (non-hydrogen) atoms. The highest BCUT2D eigenvalue weighted by Crippen LogP contribution is 2.41. The minimum absolute atomic E-state index is 0.150. The van der Waals surface area contributed by atoms with Crippen molar-refractivity contribution in [3.05, 3.63) is 101 Å². The van der Waals surface area contributed by atoms with Crippen LogP contribution in [0.3, 0.4) is 0 Å². The lowest BCUT2D eigenvalue weighted by atomic mass is 9.85. The molecule has 2 aliphatic rings. The highest BCUT2D eigenvalue weighted by atomic mass is 16.5. The van der Waals surface area contributed by atoms with Gasteiger partial charge in [-0.2, -0.15) is 4.98 Å². The fourth-order valence-corrected chi connectivity index (χ4v) is 4.84. The van der Waals surface area contributed by atoms with E-state index in [1.165, 1.54) is 0 Å². The summed E-state index contributed by atoms with van der Waals surface area (Å²) < 4.78 is 13.2. The quantitative estimate of drug-likeness (QED) is 0.391. The molecule has 1 N–H and O–H groups in total. The standard InChI is InChI=1S/C29H26N4O3/c1-35-22-15-13-20(14-16-22)28-31-29-30-24-11-6-12-25(34)26(24)27(33(29)32-28)21-9-5-10-23(17-21)36-18-19-7-3-2-4-8-19/h2-5,7-10,13-17,27H,6,11-12,18H2,1H3,(H,30,31,32). The summed E-state index contributed by atoms with van der Waals surface area (Å²) in [4.78, 5) is 18.0. The Bertz CT molecular complexity index is 1440. The first-order valence-corrected chi connectivity index (χ1v) is 12.1. The second-order valence-corrected chi connectivity index (χ2v) is 8.98. The zero-order chi connectivity index (χ0) is 24.5. The van der Waals surface area contributed by atoms with Gasteiger partial charge in [-0.1, -0.05) is 42.5 Å². The van der Waals surface area contributed by atoms with Crippen LogP contribution in [0.15, 0.2) is 90.1 Å². The summed E-state index contributed by atoms with van der Waals surface area (Å²) in [6.45, 7) is 0.472. The first kappa shape index (κ1) is 22.1. The van der Waals surface area contributed by atoms with Gasteiger partial charge in [0.2, 0.25) is 5.95 Å². The van der Waals surface area contributed by atoms with Crippen LogP contribution in [0.2, 0.25) is 0 Å². The molecule has 0 radical (unpaired) electrons. The minimum atomic E-state index is -0.371. The predicted octanol–water partition coefficient (Wildman–Crippen LogP) is 5.55. The van der Waals surface area contributed by atoms with Crippen molar-refractivity contribution in [3.8, 4) is 22.9 Å². The van der Waals surface area contributed by atoms with E-state index < -0.39 is 0 Å². The number of nitrogens with one attached hydrogen (secondary N) is 1. The van der Waals surface area contributed by atoms with Crippen LogP contribution in [-0.2, 0) is 11.4 Å². The van der Waals surface area contributed by atoms with Crippen LogP contribution in [0.1, 0.15) is 36.4 Å². The first-order valence-electron chi connectivity index (χ1n) is 12.1. The van der Waals surface area contributed by atoms with E-state index in [1.54, 1.807) is 7.11 Å². The van der Waals surface area contributed by atoms with E-state index in [0.29, 0.717) is 24.8 Å². The Morgan fingerprint density at radius 3 is 2.61 bits per heavy atom. The summed E-state index contributed by atoms with van der Waals surface area (Å²) >= 11 is 0. The molecule has 0 saturated heterocycles. The van der Waals surface area contributed by atoms with Gasteiger partial charge in [0.25, 0.3) is 0 Å². The van der Waals surface area contributed by atoms with Gasteiger partial charge in [-0.15, -0.1) is 5.10 Å². The Hall–Kier alpha value is -4.39. The van der Waals surface area contributed by atoms with Gasteiger partial charge in [0.15, 0.2) is 11.6 Å². The number of nitrogens with zero attached hydrogens (tertiary/aromatic N) is 3. The summed E-state index contributed by atoms with van der Waals surface area (Å²) in [5, 5.41) is 8.25. The highest BCUT2D eigenvalue weighted by molar-refractivity contribution is 5.99. The lowest BCUT2D eigenvalue weighted by molar-refractivity contribution is -0.116. The SMILES string of the molecule is COc1ccc(-c2nc3n(n2)C(c2cccc(OCc4ccccc4)c2)C2=C(CCCC2=O)N3)cc1. The summed E-state index contributed by atoms with van der Waals surface area (Å²) in [6, 6.07) is 25.3. The third kappa shape index (κ3) is 4.13. The molecule has 0 bridgehead atoms. The Balaban J connectivity index is 1.38. The van der Waals surface area contributed by atoms with Gasteiger partial charge in [-0.25, -0.2) is 4.68 Å². The van der Waals surface area contributed by atoms with E-state index >= 15 is 0 Å². The fourth-order valence-electron chi connectivity index (χ4n) is 4.84. The summed E-state index contributed by atoms with van der Waals surface area (Å²) in [5.74, 6) is 2.89. The second kappa shape index (κ2) is 9.34. The number of carbonyl (C=O) groups is 1. The van der Waals surface area contributed by atoms with Crippen LogP contribution in [0.4, 0.5) is 5.95 Å². The topological polar surface area (TPSA) is 78.3 Å². The molecule has 180 valence electrons. The van der Waals surface area contributed by atoms with Gasteiger partial charge in [0.1, 0.15) is 24.1 Å². The molecular weight excluding hydrogens is 452 g/mol. The zero-order valence-corrected chi connectivity index (χ0v) is 20.0. The average molecular weight is 479 g/mol. The number of methoxy groups -OCH3 is 1. The van der Waals surface area contributed by atoms with Gasteiger partial charge >= 0.3 is 0 Å². The number of hydrogen-bond donors (Lipinski definition) is 1. The Labute approximate surface area is 209 Å². The normalized spacial score (nSPS) is 16.7. The molecule has 0 fully saturated rings. The number of aromatic nitrogens is 3. The van der Waals surface area contributed by atoms with Gasteiger partial charge in [0.05, 0.1) is 7.11 Å². The summed E-state index contributed by atoms with van der Waals surface area (Å²) in [5.41, 5.74) is 4.62. The van der Waals surface area contributed by atoms with E-state index in [1.807, 2.05) is 83.5 Å². The largest absolute Gasteiger partial charge is 0.497 e. The molecule has 1 aromatic heterocycles. The summed E-state index contributed by atoms with van der Waals surface area (Å²) in [6.07, 6.45) is 2.18. The van der Waals surface area contributed by atoms with E-state index in [9.17, 15) is 4.79 Å². The first-order chi connectivity index (χ1) is 17.7. The molecule has 6 rings (SSSR count). The van der Waals surface area contributed by atoms with Crippen molar-refractivity contribution in [1.29, 1.82) is 0 Å². The molecule has 4 aromatic rings. The third-order valence-electron chi connectivity index (χ3n) is 6.64. The van der Waals surface area contributed by atoms with Gasteiger partial charge < -0.3 is 14.8 Å². The van der Waals surface area contributed by atoms with Gasteiger partial charge in [-0.3, -0.25) is 4.79 Å². The number of carbonyl (C=O) groups excluding carboxylic acids is 1. The van der Waals surface area contributed by atoms with Crippen LogP contribution in [0.25, 0.3) is 11.4 Å². The lowest BCUT2D eigenvalue weighted by Gasteiger charge is -2.32. The Morgan fingerprint density at radius 1 is 0.972 bits per heavy atom. The smallest absolute Gasteiger partial charge is 0.226 e. The highest BCUT2D eigenvalue weighted by Gasteiger charge is 2.37. The third-order valence-corrected chi connectivity index (χ3v) is 6.64. The maximum atomic E-state index is 13.2. The number of ketones is 1. The fraction of sp³-hybridized carbons (Fsp3) is 0.207. The predicted molar refractivity (Wildman–Crippen MR) is 137 cm³/mol. The van der Waals surface area contributed by atoms with Crippen molar-refractivity contribution in [2.45, 2.75) is 31.9 Å². The number of hydrogen-bond acceptors (Lipinski definition) is 6. The Kier molecular flexibility index (Phi) is 5.73. The van der Waals surface area contributed by atoms with Crippen LogP contribution in [0, 0.1) is 0 Å². The van der Waals surface area contributed by atoms with E-state index in [-0.39, 0.29) is 11.8 Å². The van der Waals surface area contributed by atoms with Crippen LogP contribution >= 0.6 is 0 Å². The molecule has 0 saturated carbocycles. The minimum Gasteiger partial charge on any atom is -0.497 e. The van der Waals surface area contributed by atoms with Gasteiger partial charge in [0, 0.05) is 23.3 Å². The molecule has 0 spiro atoms. The molecule has 0 amide bonds. The molecule has 7 heteroatoms. The maximum absolute atomic E-state index is 13.2. The molecule has 7 nitrogen and oxygen atoms in total. The molecule has 1 unspecified atom stereocenters. The molecule has 1 aliphatic carbocycles. The number of rotatable bonds is 6. The van der Waals surface area contributed by atoms with Crippen LogP contribution < -0.4 is 14.8 Å². The van der Waals surface area contributed by atoms with E-state index in [0.717, 1.165) is 52.3 Å². The number of benzene rings is 3. The summed E-state index contributed by atoms with van der Waals surface area (Å²) in [7, 11) is 1.64. The molecule has 1 atom stereocenters. The van der Waals surface area contributed by atoms with Crippen LogP contribution in [-0.4, -0.2) is 27.7 Å². The lowest BCUT2D eigenvalue weighted by Crippen LogP contribution is -2.31. The average Bonchev–Trinajstić information content (AvgIpc) is 3.35. The van der Waals surface area contributed by atoms with Crippen molar-refractivity contribution >= 4 is 11.7 Å². The second-order valence-electron chi connectivity index (χ2n) is 8.98. The van der Waals surface area contributed by atoms with Crippen LogP contribution in [0.5, 0.6) is 11.5 Å². The van der Waals surface area contributed by atoms with Crippen molar-refractivity contribution < 1.29 is 14.3 Å². The number of anilines is 1. The number of allylic oxidation sites excluding steroid dienone is 2. The molecule has 1 aliphatic heterocycles. The van der Waals surface area contributed by atoms with Crippen molar-refractivity contribution in [2.24, 2.45) is 0 Å². The molecule has 2 heterocycles. The molecule has 3 aromatic carbocycles. The van der Waals surface area contributed by atoms with Crippen molar-refractivity contribution in [3.63, 3.8) is 0 Å². The number of fused-ring (bicyclic) bond motifs is 1. The zero-order valence-electron chi connectivity index (χ0n) is 20.0.